The van der Waals surface area contributed by atoms with Gasteiger partial charge in [0.05, 0.1) is 5.54 Å². The van der Waals surface area contributed by atoms with E-state index in [-0.39, 0.29) is 17.9 Å². The van der Waals surface area contributed by atoms with Gasteiger partial charge in [-0.3, -0.25) is 14.7 Å². The lowest BCUT2D eigenvalue weighted by atomic mass is 9.90. The molecule has 7 heteroatoms. The van der Waals surface area contributed by atoms with Crippen LogP contribution in [0, 0.1) is 5.41 Å². The van der Waals surface area contributed by atoms with Gasteiger partial charge in [-0.15, -0.1) is 0 Å². The number of rotatable bonds is 4. The maximum atomic E-state index is 12.7. The lowest BCUT2D eigenvalue weighted by molar-refractivity contribution is -0.156. The van der Waals surface area contributed by atoms with Crippen LogP contribution in [0.5, 0.6) is 0 Å². The predicted octanol–water partition coefficient (Wildman–Crippen LogP) is 3.10. The molecule has 28 heavy (non-hydrogen) atoms. The molecule has 7 nitrogen and oxygen atoms in total. The van der Waals surface area contributed by atoms with Gasteiger partial charge in [0.2, 0.25) is 5.91 Å². The van der Waals surface area contributed by atoms with Crippen molar-refractivity contribution in [2.45, 2.75) is 52.6 Å². The summed E-state index contributed by atoms with van der Waals surface area (Å²) in [7, 11) is 0. The van der Waals surface area contributed by atoms with Crippen LogP contribution in [0.15, 0.2) is 28.9 Å². The number of furan rings is 1. The van der Waals surface area contributed by atoms with Gasteiger partial charge in [-0.25, -0.2) is 4.79 Å². The Labute approximate surface area is 165 Å². The van der Waals surface area contributed by atoms with Crippen molar-refractivity contribution in [2.75, 3.05) is 19.6 Å². The first-order valence-corrected chi connectivity index (χ1v) is 9.60. The van der Waals surface area contributed by atoms with Gasteiger partial charge in [0.25, 0.3) is 0 Å². The van der Waals surface area contributed by atoms with Crippen LogP contribution in [0.3, 0.4) is 0 Å². The van der Waals surface area contributed by atoms with E-state index < -0.39 is 17.6 Å². The molecule has 0 saturated carbocycles. The number of aliphatic carboxylic acids is 1. The summed E-state index contributed by atoms with van der Waals surface area (Å²) in [6.45, 7) is 11.2. The molecule has 1 fully saturated rings. The summed E-state index contributed by atoms with van der Waals surface area (Å²) in [4.78, 5) is 32.3. The Bertz CT molecular complexity index is 848. The Morgan fingerprint density at radius 3 is 2.57 bits per heavy atom. The number of carbonyl (C=O) groups excluding carboxylic acids is 1. The third-order valence-corrected chi connectivity index (χ3v) is 5.38. The smallest absolute Gasteiger partial charge is 0.327 e. The number of carboxylic acids is 1. The minimum Gasteiger partial charge on any atom is -0.480 e. The van der Waals surface area contributed by atoms with Crippen LogP contribution in [0.4, 0.5) is 0 Å². The minimum absolute atomic E-state index is 0.104. The number of aromatic nitrogens is 1. The fraction of sp³-hybridized carbons (Fsp3) is 0.571. The van der Waals surface area contributed by atoms with Crippen LogP contribution in [0.1, 0.15) is 46.8 Å². The molecule has 1 amide bonds. The molecular formula is C21H29N3O4. The fourth-order valence-electron chi connectivity index (χ4n) is 3.70. The second-order valence-corrected chi connectivity index (χ2v) is 9.21. The number of hydrogen-bond acceptors (Lipinski definition) is 5. The maximum Gasteiger partial charge on any atom is 0.327 e. The normalized spacial score (nSPS) is 19.2. The van der Waals surface area contributed by atoms with Crippen molar-refractivity contribution in [1.29, 1.82) is 0 Å². The minimum atomic E-state index is -0.975. The van der Waals surface area contributed by atoms with E-state index in [0.717, 1.165) is 16.7 Å². The van der Waals surface area contributed by atoms with E-state index >= 15 is 0 Å². The van der Waals surface area contributed by atoms with Crippen molar-refractivity contribution in [3.63, 3.8) is 0 Å². The Kier molecular flexibility index (Phi) is 5.23. The van der Waals surface area contributed by atoms with Crippen LogP contribution in [0.2, 0.25) is 0 Å². The van der Waals surface area contributed by atoms with E-state index in [4.69, 9.17) is 4.42 Å². The summed E-state index contributed by atoms with van der Waals surface area (Å²) in [5, 5.41) is 10.7. The molecule has 152 valence electrons. The van der Waals surface area contributed by atoms with Crippen molar-refractivity contribution in [3.8, 4) is 0 Å². The molecule has 1 N–H and O–H groups in total. The van der Waals surface area contributed by atoms with E-state index in [9.17, 15) is 14.7 Å². The number of fused-ring (bicyclic) bond motifs is 1. The fourth-order valence-corrected chi connectivity index (χ4v) is 3.70. The molecule has 2 aromatic rings. The third-order valence-electron chi connectivity index (χ3n) is 5.38. The van der Waals surface area contributed by atoms with Gasteiger partial charge in [0.1, 0.15) is 17.4 Å². The van der Waals surface area contributed by atoms with Gasteiger partial charge >= 0.3 is 5.97 Å². The first-order valence-electron chi connectivity index (χ1n) is 9.60. The average Bonchev–Trinajstić information content (AvgIpc) is 3.04. The molecule has 0 aromatic carbocycles. The number of amides is 1. The molecule has 1 saturated heterocycles. The highest BCUT2D eigenvalue weighted by Crippen LogP contribution is 2.34. The van der Waals surface area contributed by atoms with Gasteiger partial charge in [-0.2, -0.15) is 0 Å². The van der Waals surface area contributed by atoms with Crippen molar-refractivity contribution in [1.82, 2.24) is 14.8 Å². The average molecular weight is 387 g/mol. The lowest BCUT2D eigenvalue weighted by Crippen LogP contribution is -2.61. The van der Waals surface area contributed by atoms with E-state index in [2.05, 4.69) is 9.88 Å². The molecular weight excluding hydrogens is 358 g/mol. The van der Waals surface area contributed by atoms with Crippen LogP contribution in [-0.4, -0.2) is 57.4 Å². The SMILES string of the molecule is CC(C)(C)CC(=O)N1CCN(C(C)(C)c2cc3cnccc3o2)C[C@H]1C(=O)O. The zero-order valence-electron chi connectivity index (χ0n) is 17.2. The monoisotopic (exact) mass is 387 g/mol. The molecule has 1 aliphatic rings. The number of carboxylic acid groups (broad SMARTS) is 1. The first kappa shape index (κ1) is 20.3. The second kappa shape index (κ2) is 7.20. The maximum absolute atomic E-state index is 12.7. The Balaban J connectivity index is 1.82. The topological polar surface area (TPSA) is 86.9 Å². The molecule has 3 heterocycles. The molecule has 0 aliphatic carbocycles. The summed E-state index contributed by atoms with van der Waals surface area (Å²) in [5.41, 5.74) is 0.0666. The van der Waals surface area contributed by atoms with Crippen molar-refractivity contribution < 1.29 is 19.1 Å². The van der Waals surface area contributed by atoms with E-state index in [1.807, 2.05) is 46.8 Å². The summed E-state index contributed by atoms with van der Waals surface area (Å²) >= 11 is 0. The molecule has 0 radical (unpaired) electrons. The van der Waals surface area contributed by atoms with E-state index in [0.29, 0.717) is 19.5 Å². The Morgan fingerprint density at radius 1 is 1.25 bits per heavy atom. The number of piperazine rings is 1. The zero-order valence-corrected chi connectivity index (χ0v) is 17.2. The number of hydrogen-bond donors (Lipinski definition) is 1. The van der Waals surface area contributed by atoms with Crippen LogP contribution in [0.25, 0.3) is 11.0 Å². The molecule has 1 atom stereocenters. The summed E-state index contributed by atoms with van der Waals surface area (Å²) in [5.74, 6) is -0.321. The second-order valence-electron chi connectivity index (χ2n) is 9.21. The molecule has 0 spiro atoms. The lowest BCUT2D eigenvalue weighted by Gasteiger charge is -2.46. The van der Waals surface area contributed by atoms with Gasteiger partial charge in [0.15, 0.2) is 0 Å². The summed E-state index contributed by atoms with van der Waals surface area (Å²) in [6.07, 6.45) is 3.76. The predicted molar refractivity (Wildman–Crippen MR) is 106 cm³/mol. The standard InChI is InChI=1S/C21H29N3O4/c1-20(2,3)11-18(25)24-9-8-23(13-15(24)19(26)27)21(4,5)17-10-14-12-22-7-6-16(14)28-17/h6-7,10,12,15H,8-9,11,13H2,1-5H3,(H,26,27)/t15-/m0/s1. The van der Waals surface area contributed by atoms with Gasteiger partial charge in [0, 0.05) is 43.8 Å². The van der Waals surface area contributed by atoms with Crippen molar-refractivity contribution in [2.24, 2.45) is 5.41 Å². The highest BCUT2D eigenvalue weighted by Gasteiger charge is 2.42. The summed E-state index contributed by atoms with van der Waals surface area (Å²) in [6, 6.07) is 2.90. The number of pyridine rings is 1. The quantitative estimate of drug-likeness (QED) is 0.867. The Hall–Kier alpha value is -2.41. The van der Waals surface area contributed by atoms with Gasteiger partial charge in [-0.05, 0) is 31.4 Å². The molecule has 0 unspecified atom stereocenters. The number of nitrogens with zero attached hydrogens (tertiary/aromatic N) is 3. The number of carbonyl (C=O) groups is 2. The largest absolute Gasteiger partial charge is 0.480 e. The first-order chi connectivity index (χ1) is 13.0. The van der Waals surface area contributed by atoms with E-state index in [1.165, 1.54) is 4.90 Å². The zero-order chi connectivity index (χ0) is 20.7. The van der Waals surface area contributed by atoms with Crippen LogP contribution in [-0.2, 0) is 15.1 Å². The van der Waals surface area contributed by atoms with Crippen molar-refractivity contribution in [3.05, 3.63) is 30.3 Å². The van der Waals surface area contributed by atoms with Crippen LogP contribution < -0.4 is 0 Å². The van der Waals surface area contributed by atoms with E-state index in [1.54, 1.807) is 12.4 Å². The van der Waals surface area contributed by atoms with Gasteiger partial charge < -0.3 is 14.4 Å². The summed E-state index contributed by atoms with van der Waals surface area (Å²) < 4.78 is 6.01. The highest BCUT2D eigenvalue weighted by molar-refractivity contribution is 5.84. The molecule has 0 bridgehead atoms. The van der Waals surface area contributed by atoms with Crippen LogP contribution >= 0.6 is 0 Å². The highest BCUT2D eigenvalue weighted by atomic mass is 16.4. The van der Waals surface area contributed by atoms with Crippen molar-refractivity contribution >= 4 is 22.8 Å². The molecule has 3 rings (SSSR count). The Morgan fingerprint density at radius 2 is 1.96 bits per heavy atom. The van der Waals surface area contributed by atoms with Gasteiger partial charge in [-0.1, -0.05) is 20.8 Å². The molecule has 2 aromatic heterocycles. The molecule has 1 aliphatic heterocycles. The third kappa shape index (κ3) is 4.04.